The molecule has 0 heterocycles. The summed E-state index contributed by atoms with van der Waals surface area (Å²) >= 11 is 0. The summed E-state index contributed by atoms with van der Waals surface area (Å²) in [5.74, 6) is -0.344. The number of benzene rings is 3. The first-order valence-corrected chi connectivity index (χ1v) is 11.2. The van der Waals surface area contributed by atoms with Gasteiger partial charge in [0.1, 0.15) is 5.75 Å². The highest BCUT2D eigenvalue weighted by Gasteiger charge is 2.17. The average molecular weight is 455 g/mol. The second-order valence-electron chi connectivity index (χ2n) is 6.61. The van der Waals surface area contributed by atoms with Crippen molar-refractivity contribution in [3.05, 3.63) is 83.9 Å². The Morgan fingerprint density at radius 3 is 2.16 bits per heavy atom. The smallest absolute Gasteiger partial charge is 0.337 e. The van der Waals surface area contributed by atoms with Crippen molar-refractivity contribution in [3.8, 4) is 5.75 Å². The van der Waals surface area contributed by atoms with Crippen LogP contribution in [0.25, 0.3) is 0 Å². The van der Waals surface area contributed by atoms with Crippen molar-refractivity contribution in [1.82, 2.24) is 0 Å². The Hall–Kier alpha value is -3.85. The molecule has 0 aliphatic rings. The molecule has 3 rings (SSSR count). The predicted molar refractivity (Wildman–Crippen MR) is 121 cm³/mol. The van der Waals surface area contributed by atoms with E-state index < -0.39 is 21.9 Å². The number of carbonyl (C=O) groups is 2. The quantitative estimate of drug-likeness (QED) is 0.499. The third kappa shape index (κ3) is 5.64. The molecular weight excluding hydrogens is 432 g/mol. The lowest BCUT2D eigenvalue weighted by Crippen LogP contribution is -2.16. The first kappa shape index (κ1) is 22.8. The van der Waals surface area contributed by atoms with Gasteiger partial charge in [0.15, 0.2) is 0 Å². The largest absolute Gasteiger partial charge is 0.494 e. The fourth-order valence-corrected chi connectivity index (χ4v) is 3.92. The molecule has 0 atom stereocenters. The van der Waals surface area contributed by atoms with Crippen LogP contribution in [0.3, 0.4) is 0 Å². The molecule has 32 heavy (non-hydrogen) atoms. The monoisotopic (exact) mass is 454 g/mol. The van der Waals surface area contributed by atoms with Gasteiger partial charge in [-0.15, -0.1) is 0 Å². The van der Waals surface area contributed by atoms with Gasteiger partial charge < -0.3 is 14.8 Å². The van der Waals surface area contributed by atoms with Crippen molar-refractivity contribution in [2.75, 3.05) is 23.8 Å². The number of ether oxygens (including phenoxy) is 2. The summed E-state index contributed by atoms with van der Waals surface area (Å²) in [6, 6.07) is 18.3. The maximum Gasteiger partial charge on any atom is 0.337 e. The Labute approximate surface area is 186 Å². The SMILES string of the molecule is CCOc1ccc(NS(=O)(=O)c2cccc(C(=O)Nc3ccc(C(=O)OC)cc3)c2)cc1. The zero-order chi connectivity index (χ0) is 23.1. The number of carbonyl (C=O) groups excluding carboxylic acids is 2. The third-order valence-electron chi connectivity index (χ3n) is 4.39. The van der Waals surface area contributed by atoms with E-state index in [1.807, 2.05) is 6.92 Å². The molecule has 0 aliphatic heterocycles. The Kier molecular flexibility index (Phi) is 7.11. The van der Waals surface area contributed by atoms with Gasteiger partial charge in [0, 0.05) is 16.9 Å². The van der Waals surface area contributed by atoms with Crippen LogP contribution in [-0.2, 0) is 14.8 Å². The van der Waals surface area contributed by atoms with Crippen LogP contribution in [0.1, 0.15) is 27.6 Å². The first-order valence-electron chi connectivity index (χ1n) is 9.68. The van der Waals surface area contributed by atoms with E-state index in [0.717, 1.165) is 0 Å². The third-order valence-corrected chi connectivity index (χ3v) is 5.77. The number of hydrogen-bond donors (Lipinski definition) is 2. The van der Waals surface area contributed by atoms with Gasteiger partial charge in [-0.05, 0) is 73.7 Å². The van der Waals surface area contributed by atoms with Crippen molar-refractivity contribution < 1.29 is 27.5 Å². The molecule has 0 aromatic heterocycles. The normalized spacial score (nSPS) is 10.8. The molecule has 0 bridgehead atoms. The summed E-state index contributed by atoms with van der Waals surface area (Å²) in [4.78, 5) is 24.0. The molecule has 0 fully saturated rings. The van der Waals surface area contributed by atoms with E-state index in [4.69, 9.17) is 4.74 Å². The minimum atomic E-state index is -3.91. The Morgan fingerprint density at radius 2 is 1.53 bits per heavy atom. The van der Waals surface area contributed by atoms with Gasteiger partial charge in [-0.3, -0.25) is 9.52 Å². The van der Waals surface area contributed by atoms with E-state index in [9.17, 15) is 18.0 Å². The topological polar surface area (TPSA) is 111 Å². The van der Waals surface area contributed by atoms with Crippen LogP contribution < -0.4 is 14.8 Å². The van der Waals surface area contributed by atoms with E-state index in [-0.39, 0.29) is 10.5 Å². The van der Waals surface area contributed by atoms with Gasteiger partial charge in [-0.2, -0.15) is 0 Å². The molecule has 0 saturated heterocycles. The lowest BCUT2D eigenvalue weighted by atomic mass is 10.2. The van der Waals surface area contributed by atoms with E-state index in [2.05, 4.69) is 14.8 Å². The van der Waals surface area contributed by atoms with E-state index in [1.54, 1.807) is 36.4 Å². The fourth-order valence-electron chi connectivity index (χ4n) is 2.82. The van der Waals surface area contributed by atoms with Crippen LogP contribution in [0, 0.1) is 0 Å². The number of anilines is 2. The van der Waals surface area contributed by atoms with Crippen LogP contribution in [-0.4, -0.2) is 34.0 Å². The second-order valence-corrected chi connectivity index (χ2v) is 8.30. The average Bonchev–Trinajstić information content (AvgIpc) is 2.80. The summed E-state index contributed by atoms with van der Waals surface area (Å²) in [6.45, 7) is 2.37. The molecule has 0 spiro atoms. The van der Waals surface area contributed by atoms with Crippen molar-refractivity contribution in [3.63, 3.8) is 0 Å². The standard InChI is InChI=1S/C23H22N2O6S/c1-3-31-20-13-11-19(12-14-20)25-32(28,29)21-6-4-5-17(15-21)22(26)24-18-9-7-16(8-10-18)23(27)30-2/h4-15,25H,3H2,1-2H3,(H,24,26). The van der Waals surface area contributed by atoms with Crippen molar-refractivity contribution in [2.45, 2.75) is 11.8 Å². The molecule has 0 saturated carbocycles. The minimum absolute atomic E-state index is 0.0555. The Balaban J connectivity index is 1.73. The predicted octanol–water partition coefficient (Wildman–Crippen LogP) is 3.93. The van der Waals surface area contributed by atoms with Crippen LogP contribution in [0.2, 0.25) is 0 Å². The molecule has 8 nitrogen and oxygen atoms in total. The molecule has 0 radical (unpaired) electrons. The lowest BCUT2D eigenvalue weighted by Gasteiger charge is -2.11. The maximum atomic E-state index is 12.8. The van der Waals surface area contributed by atoms with Crippen LogP contribution in [0.5, 0.6) is 5.75 Å². The van der Waals surface area contributed by atoms with E-state index >= 15 is 0 Å². The van der Waals surface area contributed by atoms with Crippen molar-refractivity contribution in [2.24, 2.45) is 0 Å². The maximum absolute atomic E-state index is 12.8. The van der Waals surface area contributed by atoms with E-state index in [0.29, 0.717) is 29.3 Å². The molecule has 0 unspecified atom stereocenters. The van der Waals surface area contributed by atoms with Crippen molar-refractivity contribution in [1.29, 1.82) is 0 Å². The van der Waals surface area contributed by atoms with Crippen LogP contribution in [0.4, 0.5) is 11.4 Å². The molecule has 2 N–H and O–H groups in total. The summed E-state index contributed by atoms with van der Waals surface area (Å²) in [5, 5.41) is 2.67. The molecule has 3 aromatic rings. The highest BCUT2D eigenvalue weighted by atomic mass is 32.2. The number of nitrogens with one attached hydrogen (secondary N) is 2. The van der Waals surface area contributed by atoms with Gasteiger partial charge in [0.2, 0.25) is 0 Å². The molecule has 3 aromatic carbocycles. The Bertz CT molecular complexity index is 1210. The van der Waals surface area contributed by atoms with Gasteiger partial charge in [0.05, 0.1) is 24.2 Å². The summed E-state index contributed by atoms with van der Waals surface area (Å²) in [5.41, 5.74) is 1.33. The summed E-state index contributed by atoms with van der Waals surface area (Å²) in [6.07, 6.45) is 0. The second kappa shape index (κ2) is 9.97. The van der Waals surface area contributed by atoms with Crippen LogP contribution >= 0.6 is 0 Å². The highest BCUT2D eigenvalue weighted by Crippen LogP contribution is 2.21. The molecule has 1 amide bonds. The van der Waals surface area contributed by atoms with Crippen LogP contribution in [0.15, 0.2) is 77.7 Å². The zero-order valence-corrected chi connectivity index (χ0v) is 18.3. The molecule has 166 valence electrons. The lowest BCUT2D eigenvalue weighted by molar-refractivity contribution is 0.0600. The first-order chi connectivity index (χ1) is 15.3. The van der Waals surface area contributed by atoms with Gasteiger partial charge in [-0.1, -0.05) is 6.07 Å². The van der Waals surface area contributed by atoms with Gasteiger partial charge in [0.25, 0.3) is 15.9 Å². The van der Waals surface area contributed by atoms with Gasteiger partial charge in [-0.25, -0.2) is 13.2 Å². The number of methoxy groups -OCH3 is 1. The Morgan fingerprint density at radius 1 is 0.875 bits per heavy atom. The fraction of sp³-hybridized carbons (Fsp3) is 0.130. The number of amides is 1. The molecule has 9 heteroatoms. The minimum Gasteiger partial charge on any atom is -0.494 e. The number of esters is 1. The highest BCUT2D eigenvalue weighted by molar-refractivity contribution is 7.92. The van der Waals surface area contributed by atoms with Crippen molar-refractivity contribution >= 4 is 33.3 Å². The summed E-state index contributed by atoms with van der Waals surface area (Å²) in [7, 11) is -2.63. The summed E-state index contributed by atoms with van der Waals surface area (Å²) < 4.78 is 38.0. The van der Waals surface area contributed by atoms with Gasteiger partial charge >= 0.3 is 5.97 Å². The number of rotatable bonds is 8. The zero-order valence-electron chi connectivity index (χ0n) is 17.5. The number of hydrogen-bond acceptors (Lipinski definition) is 6. The molecular formula is C23H22N2O6S. The number of sulfonamides is 1. The molecule has 0 aliphatic carbocycles. The van der Waals surface area contributed by atoms with E-state index in [1.165, 1.54) is 43.5 Å².